The van der Waals surface area contributed by atoms with Gasteiger partial charge < -0.3 is 15.3 Å². The van der Waals surface area contributed by atoms with Crippen molar-refractivity contribution >= 4 is 29.5 Å². The number of rotatable bonds is 5. The van der Waals surface area contributed by atoms with Gasteiger partial charge in [-0.2, -0.15) is 0 Å². The van der Waals surface area contributed by atoms with Gasteiger partial charge in [-0.1, -0.05) is 12.8 Å². The maximum absolute atomic E-state index is 12.0. The van der Waals surface area contributed by atoms with Crippen LogP contribution in [0.5, 0.6) is 0 Å². The minimum Gasteiger partial charge on any atom is -0.480 e. The first-order valence-corrected chi connectivity index (χ1v) is 8.13. The molecule has 1 aliphatic heterocycles. The Morgan fingerprint density at radius 3 is 2.60 bits per heavy atom. The van der Waals surface area contributed by atoms with E-state index in [1.54, 1.807) is 0 Å². The third kappa shape index (κ3) is 3.65. The van der Waals surface area contributed by atoms with E-state index in [9.17, 15) is 14.4 Å². The molecule has 20 heavy (non-hydrogen) atoms. The fourth-order valence-corrected chi connectivity index (χ4v) is 3.83. The molecule has 0 bridgehead atoms. The van der Waals surface area contributed by atoms with E-state index in [1.807, 2.05) is 0 Å². The van der Waals surface area contributed by atoms with Crippen LogP contribution in [0.25, 0.3) is 0 Å². The van der Waals surface area contributed by atoms with E-state index in [0.717, 1.165) is 25.7 Å². The zero-order chi connectivity index (χ0) is 14.5. The van der Waals surface area contributed by atoms with Crippen molar-refractivity contribution in [2.75, 3.05) is 18.2 Å². The van der Waals surface area contributed by atoms with Crippen molar-refractivity contribution in [1.29, 1.82) is 0 Å². The summed E-state index contributed by atoms with van der Waals surface area (Å²) in [6.07, 6.45) is 4.24. The number of amides is 2. The van der Waals surface area contributed by atoms with E-state index in [1.165, 1.54) is 16.7 Å². The van der Waals surface area contributed by atoms with Crippen LogP contribution in [0.2, 0.25) is 0 Å². The number of hydrogen-bond acceptors (Lipinski definition) is 4. The van der Waals surface area contributed by atoms with Crippen LogP contribution in [0.4, 0.5) is 0 Å². The van der Waals surface area contributed by atoms with Crippen molar-refractivity contribution in [1.82, 2.24) is 10.2 Å². The van der Waals surface area contributed by atoms with Crippen molar-refractivity contribution in [3.63, 3.8) is 0 Å². The Morgan fingerprint density at radius 1 is 1.25 bits per heavy atom. The number of nitrogens with one attached hydrogen (secondary N) is 1. The van der Waals surface area contributed by atoms with Gasteiger partial charge in [0.2, 0.25) is 11.8 Å². The summed E-state index contributed by atoms with van der Waals surface area (Å²) < 4.78 is 0. The summed E-state index contributed by atoms with van der Waals surface area (Å²) in [5, 5.41) is 11.8. The summed E-state index contributed by atoms with van der Waals surface area (Å²) in [5.41, 5.74) is 0. The monoisotopic (exact) mass is 300 g/mol. The molecule has 1 unspecified atom stereocenters. The highest BCUT2D eigenvalue weighted by Gasteiger charge is 2.34. The van der Waals surface area contributed by atoms with Crippen molar-refractivity contribution in [3.8, 4) is 0 Å². The Hall–Kier alpha value is -1.24. The molecule has 112 valence electrons. The second-order valence-corrected chi connectivity index (χ2v) is 6.24. The molecule has 2 fully saturated rings. The number of carboxylic acid groups (broad SMARTS) is 1. The lowest BCUT2D eigenvalue weighted by atomic mass is 10.1. The van der Waals surface area contributed by atoms with E-state index in [2.05, 4.69) is 5.32 Å². The standard InChI is InChI=1S/C13H20N2O4S/c16-11(15-8-20-7-10(15)13(18)19)5-6-14-12(17)9-3-1-2-4-9/h9-10H,1-8H2,(H,14,17)(H,18,19). The Morgan fingerprint density at radius 2 is 1.95 bits per heavy atom. The molecular formula is C13H20N2O4S. The Kier molecular flexibility index (Phi) is 5.28. The van der Waals surface area contributed by atoms with E-state index >= 15 is 0 Å². The summed E-state index contributed by atoms with van der Waals surface area (Å²) in [6, 6.07) is -0.724. The van der Waals surface area contributed by atoms with Gasteiger partial charge in [-0.25, -0.2) is 4.79 Å². The number of carbonyl (C=O) groups is 3. The fraction of sp³-hybridized carbons (Fsp3) is 0.769. The van der Waals surface area contributed by atoms with Gasteiger partial charge in [0.25, 0.3) is 0 Å². The molecule has 0 radical (unpaired) electrons. The topological polar surface area (TPSA) is 86.7 Å². The molecular weight excluding hydrogens is 280 g/mol. The highest BCUT2D eigenvalue weighted by Crippen LogP contribution is 2.24. The second kappa shape index (κ2) is 6.97. The molecule has 1 aliphatic carbocycles. The van der Waals surface area contributed by atoms with Crippen molar-refractivity contribution in [3.05, 3.63) is 0 Å². The molecule has 1 atom stereocenters. The smallest absolute Gasteiger partial charge is 0.327 e. The lowest BCUT2D eigenvalue weighted by Crippen LogP contribution is -2.43. The summed E-state index contributed by atoms with van der Waals surface area (Å²) in [4.78, 5) is 36.1. The summed E-state index contributed by atoms with van der Waals surface area (Å²) in [7, 11) is 0. The van der Waals surface area contributed by atoms with E-state index < -0.39 is 12.0 Å². The van der Waals surface area contributed by atoms with Gasteiger partial charge in [-0.15, -0.1) is 11.8 Å². The molecule has 0 aromatic rings. The number of nitrogens with zero attached hydrogens (tertiary/aromatic N) is 1. The molecule has 0 aromatic carbocycles. The number of carbonyl (C=O) groups excluding carboxylic acids is 2. The minimum absolute atomic E-state index is 0.0286. The van der Waals surface area contributed by atoms with Gasteiger partial charge in [0.05, 0.1) is 5.88 Å². The minimum atomic E-state index is -0.960. The predicted octanol–water partition coefficient (Wildman–Crippen LogP) is 0.669. The fourth-order valence-electron chi connectivity index (χ4n) is 2.66. The summed E-state index contributed by atoms with van der Waals surface area (Å²) in [5.74, 6) is -0.172. The maximum atomic E-state index is 12.0. The van der Waals surface area contributed by atoms with E-state index in [-0.39, 0.29) is 24.2 Å². The average molecular weight is 300 g/mol. The zero-order valence-electron chi connectivity index (χ0n) is 11.3. The van der Waals surface area contributed by atoms with Crippen LogP contribution < -0.4 is 5.32 Å². The molecule has 2 aliphatic rings. The molecule has 1 saturated carbocycles. The van der Waals surface area contributed by atoms with Crippen molar-refractivity contribution in [2.45, 2.75) is 38.1 Å². The van der Waals surface area contributed by atoms with Crippen LogP contribution in [-0.4, -0.2) is 52.0 Å². The number of hydrogen-bond donors (Lipinski definition) is 2. The average Bonchev–Trinajstić information content (AvgIpc) is 3.09. The van der Waals surface area contributed by atoms with Gasteiger partial charge in [0.15, 0.2) is 0 Å². The first-order chi connectivity index (χ1) is 9.59. The number of aliphatic carboxylic acids is 1. The molecule has 2 rings (SSSR count). The Bertz CT molecular complexity index is 396. The lowest BCUT2D eigenvalue weighted by Gasteiger charge is -2.20. The molecule has 0 spiro atoms. The van der Waals surface area contributed by atoms with Gasteiger partial charge in [0.1, 0.15) is 6.04 Å². The van der Waals surface area contributed by atoms with Crippen LogP contribution >= 0.6 is 11.8 Å². The van der Waals surface area contributed by atoms with Gasteiger partial charge in [-0.05, 0) is 12.8 Å². The molecule has 1 saturated heterocycles. The van der Waals surface area contributed by atoms with Crippen LogP contribution in [-0.2, 0) is 14.4 Å². The van der Waals surface area contributed by atoms with Crippen LogP contribution in [0.15, 0.2) is 0 Å². The SMILES string of the molecule is O=C(NCCC(=O)N1CSCC1C(=O)O)C1CCCC1. The van der Waals surface area contributed by atoms with E-state index in [0.29, 0.717) is 18.2 Å². The molecule has 0 aromatic heterocycles. The summed E-state index contributed by atoms with van der Waals surface area (Å²) in [6.45, 7) is 0.293. The predicted molar refractivity (Wildman–Crippen MR) is 75.2 cm³/mol. The van der Waals surface area contributed by atoms with Gasteiger partial charge in [0, 0.05) is 24.6 Å². The first-order valence-electron chi connectivity index (χ1n) is 6.97. The molecule has 1 heterocycles. The van der Waals surface area contributed by atoms with E-state index in [4.69, 9.17) is 5.11 Å². The lowest BCUT2D eigenvalue weighted by molar-refractivity contribution is -0.147. The second-order valence-electron chi connectivity index (χ2n) is 5.24. The van der Waals surface area contributed by atoms with Crippen LogP contribution in [0, 0.1) is 5.92 Å². The van der Waals surface area contributed by atoms with Crippen LogP contribution in [0.3, 0.4) is 0 Å². The third-order valence-electron chi connectivity index (χ3n) is 3.85. The quantitative estimate of drug-likeness (QED) is 0.779. The highest BCUT2D eigenvalue weighted by atomic mass is 32.2. The summed E-state index contributed by atoms with van der Waals surface area (Å²) >= 11 is 1.44. The maximum Gasteiger partial charge on any atom is 0.327 e. The van der Waals surface area contributed by atoms with Crippen LogP contribution in [0.1, 0.15) is 32.1 Å². The molecule has 2 N–H and O–H groups in total. The van der Waals surface area contributed by atoms with Crippen molar-refractivity contribution < 1.29 is 19.5 Å². The number of carboxylic acids is 1. The molecule has 6 nitrogen and oxygen atoms in total. The Labute approximate surface area is 122 Å². The molecule has 7 heteroatoms. The third-order valence-corrected chi connectivity index (χ3v) is 4.86. The normalized spacial score (nSPS) is 23.0. The highest BCUT2D eigenvalue weighted by molar-refractivity contribution is 7.99. The van der Waals surface area contributed by atoms with Gasteiger partial charge >= 0.3 is 5.97 Å². The molecule has 2 amide bonds. The largest absolute Gasteiger partial charge is 0.480 e. The zero-order valence-corrected chi connectivity index (χ0v) is 12.2. The first kappa shape index (κ1) is 15.2. The van der Waals surface area contributed by atoms with Gasteiger partial charge in [-0.3, -0.25) is 9.59 Å². The Balaban J connectivity index is 1.72. The number of thioether (sulfide) groups is 1. The van der Waals surface area contributed by atoms with Crippen molar-refractivity contribution in [2.24, 2.45) is 5.92 Å².